The van der Waals surface area contributed by atoms with Gasteiger partial charge in [-0.15, -0.1) is 5.10 Å². The summed E-state index contributed by atoms with van der Waals surface area (Å²) < 4.78 is 5.37. The maximum absolute atomic E-state index is 12.9. The second kappa shape index (κ2) is 9.28. The van der Waals surface area contributed by atoms with Crippen molar-refractivity contribution in [2.75, 3.05) is 6.61 Å². The van der Waals surface area contributed by atoms with Gasteiger partial charge in [-0.1, -0.05) is 66.7 Å². The second-order valence-electron chi connectivity index (χ2n) is 5.88. The zero-order valence-electron chi connectivity index (χ0n) is 15.4. The van der Waals surface area contributed by atoms with Gasteiger partial charge in [-0.3, -0.25) is 4.79 Å². The van der Waals surface area contributed by atoms with Crippen LogP contribution in [0.5, 0.6) is 11.5 Å². The molecule has 0 unspecified atom stereocenters. The number of nitrogens with zero attached hydrogens (tertiary/aromatic N) is 2. The number of carbonyl (C=O) groups is 1. The van der Waals surface area contributed by atoms with Gasteiger partial charge in [0.2, 0.25) is 5.78 Å². The zero-order chi connectivity index (χ0) is 19.8. The largest absolute Gasteiger partial charge is 0.504 e. The third kappa shape index (κ3) is 4.51. The molecule has 0 atom stereocenters. The molecule has 0 radical (unpaired) electrons. The number of carbonyl (C=O) groups excluding carboxylic acids is 1. The molecule has 0 aliphatic rings. The van der Waals surface area contributed by atoms with Gasteiger partial charge in [-0.05, 0) is 19.1 Å². The standard InChI is InChI=1S/C23H20N2O3/c1-2-28-20-15-9-14-19(22(20)26)16-24-25-21(17-10-5-3-6-11-17)23(27)18-12-7-4-8-13-18/h3-16,26H,2H2,1H3/b24-16+,25-21+. The topological polar surface area (TPSA) is 71.2 Å². The Morgan fingerprint density at radius 1 is 0.929 bits per heavy atom. The first-order valence-corrected chi connectivity index (χ1v) is 8.91. The van der Waals surface area contributed by atoms with Gasteiger partial charge in [-0.25, -0.2) is 0 Å². The van der Waals surface area contributed by atoms with Crippen molar-refractivity contribution in [2.45, 2.75) is 6.92 Å². The molecule has 5 nitrogen and oxygen atoms in total. The normalized spacial score (nSPS) is 11.5. The van der Waals surface area contributed by atoms with Crippen molar-refractivity contribution in [3.05, 3.63) is 95.6 Å². The molecule has 3 rings (SSSR count). The van der Waals surface area contributed by atoms with Crippen LogP contribution < -0.4 is 4.74 Å². The molecule has 140 valence electrons. The number of para-hydroxylation sites is 1. The Morgan fingerprint density at radius 3 is 2.21 bits per heavy atom. The molecule has 5 heteroatoms. The first-order valence-electron chi connectivity index (χ1n) is 8.91. The summed E-state index contributed by atoms with van der Waals surface area (Å²) in [7, 11) is 0. The van der Waals surface area contributed by atoms with Gasteiger partial charge in [0.15, 0.2) is 11.5 Å². The van der Waals surface area contributed by atoms with Gasteiger partial charge in [-0.2, -0.15) is 5.10 Å². The number of aromatic hydroxyl groups is 1. The van der Waals surface area contributed by atoms with Gasteiger partial charge in [0.05, 0.1) is 12.8 Å². The minimum Gasteiger partial charge on any atom is -0.504 e. The van der Waals surface area contributed by atoms with E-state index in [1.807, 2.05) is 43.3 Å². The van der Waals surface area contributed by atoms with E-state index in [1.54, 1.807) is 42.5 Å². The number of ketones is 1. The van der Waals surface area contributed by atoms with Crippen LogP contribution in [0.4, 0.5) is 0 Å². The zero-order valence-corrected chi connectivity index (χ0v) is 15.4. The number of benzene rings is 3. The average molecular weight is 372 g/mol. The third-order valence-corrected chi connectivity index (χ3v) is 3.98. The molecule has 0 spiro atoms. The molecule has 0 heterocycles. The van der Waals surface area contributed by atoms with Crippen LogP contribution in [-0.2, 0) is 0 Å². The van der Waals surface area contributed by atoms with Crippen molar-refractivity contribution in [1.82, 2.24) is 0 Å². The molecule has 0 saturated carbocycles. The van der Waals surface area contributed by atoms with Crippen LogP contribution in [0.3, 0.4) is 0 Å². The number of Topliss-reactive ketones (excluding diaryl/α,β-unsaturated/α-hetero) is 1. The molecule has 0 aliphatic carbocycles. The van der Waals surface area contributed by atoms with Crippen LogP contribution in [0.15, 0.2) is 89.1 Å². The molecule has 0 saturated heterocycles. The molecule has 3 aromatic carbocycles. The summed E-state index contributed by atoms with van der Waals surface area (Å²) in [5, 5.41) is 18.5. The summed E-state index contributed by atoms with van der Waals surface area (Å²) in [6, 6.07) is 23.2. The molecular weight excluding hydrogens is 352 g/mol. The van der Waals surface area contributed by atoms with E-state index in [9.17, 15) is 9.90 Å². The number of phenols is 1. The summed E-state index contributed by atoms with van der Waals surface area (Å²) >= 11 is 0. The lowest BCUT2D eigenvalue weighted by atomic mass is 10.0. The van der Waals surface area contributed by atoms with E-state index in [2.05, 4.69) is 10.2 Å². The van der Waals surface area contributed by atoms with E-state index >= 15 is 0 Å². The summed E-state index contributed by atoms with van der Waals surface area (Å²) in [6.45, 7) is 2.28. The smallest absolute Gasteiger partial charge is 0.213 e. The molecule has 0 bridgehead atoms. The highest BCUT2D eigenvalue weighted by Crippen LogP contribution is 2.28. The fourth-order valence-electron chi connectivity index (χ4n) is 2.62. The Hall–Kier alpha value is -3.73. The van der Waals surface area contributed by atoms with Crippen molar-refractivity contribution >= 4 is 17.7 Å². The number of hydrogen-bond acceptors (Lipinski definition) is 5. The molecular formula is C23H20N2O3. The van der Waals surface area contributed by atoms with Crippen molar-refractivity contribution in [2.24, 2.45) is 10.2 Å². The molecule has 0 fully saturated rings. The fraction of sp³-hybridized carbons (Fsp3) is 0.0870. The van der Waals surface area contributed by atoms with Gasteiger partial charge in [0.1, 0.15) is 5.71 Å². The van der Waals surface area contributed by atoms with E-state index in [1.165, 1.54) is 6.21 Å². The third-order valence-electron chi connectivity index (χ3n) is 3.98. The Labute approximate surface area is 163 Å². The Morgan fingerprint density at radius 2 is 1.57 bits per heavy atom. The predicted octanol–water partition coefficient (Wildman–Crippen LogP) is 4.50. The summed E-state index contributed by atoms with van der Waals surface area (Å²) in [6.07, 6.45) is 1.40. The first kappa shape index (κ1) is 19.0. The Balaban J connectivity index is 1.95. The molecule has 1 N–H and O–H groups in total. The molecule has 0 aromatic heterocycles. The van der Waals surface area contributed by atoms with Crippen LogP contribution in [0, 0.1) is 0 Å². The number of hydrogen-bond donors (Lipinski definition) is 1. The SMILES string of the molecule is CCOc1cccc(/C=N/N=C(/C(=O)c2ccccc2)c2ccccc2)c1O. The predicted molar refractivity (Wildman–Crippen MR) is 111 cm³/mol. The second-order valence-corrected chi connectivity index (χ2v) is 5.88. The van der Waals surface area contributed by atoms with Crippen LogP contribution in [-0.4, -0.2) is 29.4 Å². The highest BCUT2D eigenvalue weighted by atomic mass is 16.5. The number of phenolic OH excluding ortho intramolecular Hbond substituents is 1. The highest BCUT2D eigenvalue weighted by molar-refractivity contribution is 6.51. The maximum atomic E-state index is 12.9. The van der Waals surface area contributed by atoms with E-state index in [0.717, 1.165) is 0 Å². The minimum atomic E-state index is -0.226. The van der Waals surface area contributed by atoms with E-state index in [4.69, 9.17) is 4.74 Å². The van der Waals surface area contributed by atoms with E-state index in [-0.39, 0.29) is 17.2 Å². The van der Waals surface area contributed by atoms with Crippen LogP contribution in [0.1, 0.15) is 28.4 Å². The van der Waals surface area contributed by atoms with Gasteiger partial charge >= 0.3 is 0 Å². The van der Waals surface area contributed by atoms with Gasteiger partial charge in [0, 0.05) is 16.7 Å². The Bertz CT molecular complexity index is 997. The van der Waals surface area contributed by atoms with Gasteiger partial charge < -0.3 is 9.84 Å². The van der Waals surface area contributed by atoms with Crippen molar-refractivity contribution in [3.63, 3.8) is 0 Å². The van der Waals surface area contributed by atoms with E-state index in [0.29, 0.717) is 29.0 Å². The van der Waals surface area contributed by atoms with E-state index < -0.39 is 0 Å². The lowest BCUT2D eigenvalue weighted by molar-refractivity contribution is 0.106. The highest BCUT2D eigenvalue weighted by Gasteiger charge is 2.16. The lowest BCUT2D eigenvalue weighted by Crippen LogP contribution is -2.15. The molecule has 0 amide bonds. The minimum absolute atomic E-state index is 0.0149. The molecule has 3 aromatic rings. The van der Waals surface area contributed by atoms with Crippen molar-refractivity contribution < 1.29 is 14.6 Å². The molecule has 28 heavy (non-hydrogen) atoms. The first-order chi connectivity index (χ1) is 13.7. The number of rotatable bonds is 7. The average Bonchev–Trinajstić information content (AvgIpc) is 2.74. The maximum Gasteiger partial charge on any atom is 0.213 e. The molecule has 0 aliphatic heterocycles. The summed E-state index contributed by atoms with van der Waals surface area (Å²) in [5.74, 6) is 0.134. The van der Waals surface area contributed by atoms with Crippen molar-refractivity contribution in [3.8, 4) is 11.5 Å². The fourth-order valence-corrected chi connectivity index (χ4v) is 2.62. The lowest BCUT2D eigenvalue weighted by Gasteiger charge is -2.07. The van der Waals surface area contributed by atoms with Gasteiger partial charge in [0.25, 0.3) is 0 Å². The van der Waals surface area contributed by atoms with Crippen LogP contribution in [0.2, 0.25) is 0 Å². The summed E-state index contributed by atoms with van der Waals surface area (Å²) in [4.78, 5) is 12.9. The monoisotopic (exact) mass is 372 g/mol. The van der Waals surface area contributed by atoms with Crippen LogP contribution >= 0.6 is 0 Å². The van der Waals surface area contributed by atoms with Crippen LogP contribution in [0.25, 0.3) is 0 Å². The Kier molecular flexibility index (Phi) is 6.31. The van der Waals surface area contributed by atoms with Crippen molar-refractivity contribution in [1.29, 1.82) is 0 Å². The quantitative estimate of drug-likeness (QED) is 0.377. The summed E-state index contributed by atoms with van der Waals surface area (Å²) in [5.41, 5.74) is 1.88. The number of ether oxygens (including phenoxy) is 1.